The van der Waals surface area contributed by atoms with Crippen LogP contribution in [0.5, 0.6) is 0 Å². The minimum Gasteiger partial charge on any atom is -0.299 e. The first-order chi connectivity index (χ1) is 7.35. The Labute approximate surface area is 101 Å². The van der Waals surface area contributed by atoms with E-state index in [1.165, 1.54) is 0 Å². The molecule has 0 amide bonds. The minimum absolute atomic E-state index is 0.0411. The molecule has 0 bridgehead atoms. The van der Waals surface area contributed by atoms with Gasteiger partial charge in [-0.2, -0.15) is 0 Å². The van der Waals surface area contributed by atoms with E-state index in [1.807, 2.05) is 0 Å². The van der Waals surface area contributed by atoms with Crippen molar-refractivity contribution in [2.24, 2.45) is 0 Å². The van der Waals surface area contributed by atoms with Crippen molar-refractivity contribution in [1.82, 2.24) is 0 Å². The molecule has 1 aromatic carbocycles. The van der Waals surface area contributed by atoms with Gasteiger partial charge in [0, 0.05) is 12.0 Å². The second-order valence-electron chi connectivity index (χ2n) is 4.56. The van der Waals surface area contributed by atoms with Crippen LogP contribution in [0.1, 0.15) is 31.4 Å². The average molecular weight is 289 g/mol. The molecule has 0 saturated heterocycles. The summed E-state index contributed by atoms with van der Waals surface area (Å²) < 4.78 is 27.8. The summed E-state index contributed by atoms with van der Waals surface area (Å²) in [6.45, 7) is 3.29. The molecular formula is C12H11BrF2O. The molecule has 16 heavy (non-hydrogen) atoms. The maximum absolute atomic E-state index is 13.8. The normalized spacial score (nSPS) is 18.4. The molecule has 1 aliphatic carbocycles. The standard InChI is InChI=1S/C12H11BrF2O/c1-12(2)9(16)4-3-6-10(12)8(14)5-7(13)11(6)15/h5H,3-4H2,1-2H3. The maximum Gasteiger partial charge on any atom is 0.143 e. The highest BCUT2D eigenvalue weighted by atomic mass is 79.9. The van der Waals surface area contributed by atoms with Crippen molar-refractivity contribution in [3.63, 3.8) is 0 Å². The Morgan fingerprint density at radius 1 is 1.31 bits per heavy atom. The van der Waals surface area contributed by atoms with E-state index in [-0.39, 0.29) is 28.7 Å². The van der Waals surface area contributed by atoms with Gasteiger partial charge < -0.3 is 0 Å². The zero-order valence-electron chi connectivity index (χ0n) is 9.03. The van der Waals surface area contributed by atoms with Crippen LogP contribution in [-0.2, 0) is 16.6 Å². The molecule has 0 N–H and O–H groups in total. The van der Waals surface area contributed by atoms with Gasteiger partial charge in [0.05, 0.1) is 9.89 Å². The number of carbonyl (C=O) groups excluding carboxylic acids is 1. The van der Waals surface area contributed by atoms with Crippen LogP contribution in [0.25, 0.3) is 0 Å². The second-order valence-corrected chi connectivity index (χ2v) is 5.41. The van der Waals surface area contributed by atoms with Crippen molar-refractivity contribution in [1.29, 1.82) is 0 Å². The van der Waals surface area contributed by atoms with Gasteiger partial charge in [-0.15, -0.1) is 0 Å². The van der Waals surface area contributed by atoms with Gasteiger partial charge in [-0.25, -0.2) is 8.78 Å². The number of rotatable bonds is 0. The third-order valence-corrected chi connectivity index (χ3v) is 3.77. The summed E-state index contributed by atoms with van der Waals surface area (Å²) in [5.74, 6) is -1.00. The van der Waals surface area contributed by atoms with E-state index in [0.29, 0.717) is 5.56 Å². The van der Waals surface area contributed by atoms with E-state index in [0.717, 1.165) is 6.07 Å². The van der Waals surface area contributed by atoms with Crippen molar-refractivity contribution in [3.8, 4) is 0 Å². The van der Waals surface area contributed by atoms with Gasteiger partial charge >= 0.3 is 0 Å². The van der Waals surface area contributed by atoms with Crippen LogP contribution < -0.4 is 0 Å². The molecule has 0 fully saturated rings. The largest absolute Gasteiger partial charge is 0.299 e. The van der Waals surface area contributed by atoms with Gasteiger partial charge in [0.1, 0.15) is 17.4 Å². The fourth-order valence-electron chi connectivity index (χ4n) is 2.25. The molecule has 0 spiro atoms. The van der Waals surface area contributed by atoms with E-state index in [2.05, 4.69) is 15.9 Å². The quantitative estimate of drug-likeness (QED) is 0.668. The molecule has 1 nitrogen and oxygen atoms in total. The summed E-state index contributed by atoms with van der Waals surface area (Å²) >= 11 is 2.98. The fraction of sp³-hybridized carbons (Fsp3) is 0.417. The Hall–Kier alpha value is -0.770. The number of hydrogen-bond donors (Lipinski definition) is 0. The number of hydrogen-bond acceptors (Lipinski definition) is 1. The molecule has 0 aliphatic heterocycles. The number of ketones is 1. The molecule has 0 aromatic heterocycles. The molecule has 0 unspecified atom stereocenters. The van der Waals surface area contributed by atoms with Crippen molar-refractivity contribution >= 4 is 21.7 Å². The number of fused-ring (bicyclic) bond motifs is 1. The Kier molecular flexibility index (Phi) is 2.65. The Balaban J connectivity index is 2.77. The number of Topliss-reactive ketones (excluding diaryl/α,β-unsaturated/α-hetero) is 1. The minimum atomic E-state index is -0.931. The van der Waals surface area contributed by atoms with Crippen molar-refractivity contribution < 1.29 is 13.6 Å². The predicted octanol–water partition coefficient (Wildman–Crippen LogP) is 3.52. The van der Waals surface area contributed by atoms with Crippen LogP contribution in [0.4, 0.5) is 8.78 Å². The number of carbonyl (C=O) groups is 1. The van der Waals surface area contributed by atoms with Crippen molar-refractivity contribution in [2.75, 3.05) is 0 Å². The third-order valence-electron chi connectivity index (χ3n) is 3.19. The summed E-state index contributed by atoms with van der Waals surface area (Å²) in [6.07, 6.45) is 0.548. The van der Waals surface area contributed by atoms with Gasteiger partial charge in [-0.3, -0.25) is 4.79 Å². The van der Waals surface area contributed by atoms with Gasteiger partial charge in [-0.05, 0) is 47.8 Å². The van der Waals surface area contributed by atoms with Crippen LogP contribution in [-0.4, -0.2) is 5.78 Å². The smallest absolute Gasteiger partial charge is 0.143 e. The van der Waals surface area contributed by atoms with Crippen LogP contribution in [0.2, 0.25) is 0 Å². The number of halogens is 3. The molecule has 0 radical (unpaired) electrons. The lowest BCUT2D eigenvalue weighted by molar-refractivity contribution is -0.124. The molecule has 1 aliphatic rings. The molecule has 0 saturated carbocycles. The Morgan fingerprint density at radius 3 is 2.56 bits per heavy atom. The molecule has 0 heterocycles. The summed E-state index contributed by atoms with van der Waals surface area (Å²) in [7, 11) is 0. The Bertz CT molecular complexity index is 480. The zero-order valence-corrected chi connectivity index (χ0v) is 10.6. The van der Waals surface area contributed by atoms with Crippen molar-refractivity contribution in [3.05, 3.63) is 33.3 Å². The van der Waals surface area contributed by atoms with Gasteiger partial charge in [0.2, 0.25) is 0 Å². The summed E-state index contributed by atoms with van der Waals surface area (Å²) in [5.41, 5.74) is -0.389. The van der Waals surface area contributed by atoms with Crippen LogP contribution in [0.15, 0.2) is 10.5 Å². The Morgan fingerprint density at radius 2 is 1.94 bits per heavy atom. The first kappa shape index (κ1) is 11.7. The monoisotopic (exact) mass is 288 g/mol. The topological polar surface area (TPSA) is 17.1 Å². The molecule has 4 heteroatoms. The average Bonchev–Trinajstić information content (AvgIpc) is 2.18. The summed E-state index contributed by atoms with van der Waals surface area (Å²) in [5, 5.41) is 0. The highest BCUT2D eigenvalue weighted by Gasteiger charge is 2.39. The SMILES string of the molecule is CC1(C)C(=O)CCc2c(F)c(Br)cc(F)c21. The third kappa shape index (κ3) is 1.51. The highest BCUT2D eigenvalue weighted by molar-refractivity contribution is 9.10. The van der Waals surface area contributed by atoms with E-state index in [1.54, 1.807) is 13.8 Å². The maximum atomic E-state index is 13.8. The van der Waals surface area contributed by atoms with Gasteiger partial charge in [0.15, 0.2) is 0 Å². The first-order valence-electron chi connectivity index (χ1n) is 5.06. The lowest BCUT2D eigenvalue weighted by Gasteiger charge is -2.31. The van der Waals surface area contributed by atoms with E-state index >= 15 is 0 Å². The highest BCUT2D eigenvalue weighted by Crippen LogP contribution is 2.39. The molecule has 2 rings (SSSR count). The predicted molar refractivity (Wildman–Crippen MR) is 60.4 cm³/mol. The molecule has 1 aromatic rings. The summed E-state index contributed by atoms with van der Waals surface area (Å²) in [6, 6.07) is 1.09. The van der Waals surface area contributed by atoms with Gasteiger partial charge in [0.25, 0.3) is 0 Å². The first-order valence-corrected chi connectivity index (χ1v) is 5.85. The van der Waals surface area contributed by atoms with E-state index in [9.17, 15) is 13.6 Å². The molecular weight excluding hydrogens is 278 g/mol. The lowest BCUT2D eigenvalue weighted by atomic mass is 9.71. The van der Waals surface area contributed by atoms with Crippen LogP contribution in [0, 0.1) is 11.6 Å². The lowest BCUT2D eigenvalue weighted by Crippen LogP contribution is -2.36. The zero-order chi connectivity index (χ0) is 12.1. The van der Waals surface area contributed by atoms with Gasteiger partial charge in [-0.1, -0.05) is 0 Å². The molecule has 86 valence electrons. The van der Waals surface area contributed by atoms with E-state index < -0.39 is 17.0 Å². The van der Waals surface area contributed by atoms with Crippen molar-refractivity contribution in [2.45, 2.75) is 32.1 Å². The van der Waals surface area contributed by atoms with E-state index in [4.69, 9.17) is 0 Å². The fourth-order valence-corrected chi connectivity index (χ4v) is 2.69. The second kappa shape index (κ2) is 3.62. The molecule has 0 atom stereocenters. The summed E-state index contributed by atoms with van der Waals surface area (Å²) in [4.78, 5) is 11.7. The van der Waals surface area contributed by atoms with Crippen LogP contribution in [0.3, 0.4) is 0 Å². The number of benzene rings is 1. The van der Waals surface area contributed by atoms with Crippen LogP contribution >= 0.6 is 15.9 Å².